The molecule has 3 aliphatic heterocycles. The number of carbonyl (C=O) groups is 2. The van der Waals surface area contributed by atoms with Crippen molar-refractivity contribution in [1.29, 1.82) is 0 Å². The van der Waals surface area contributed by atoms with E-state index in [9.17, 15) is 18.0 Å². The molecule has 2 aliphatic carbocycles. The SMILES string of the molecule is CCN1C[C@H]2C[C@@H]1CN2C(=O)c1c(C)nn(C2CCC2)c1C1=Cc2cc(OC)ccc2-c2c(C3CCCCC3)c3ccc(C(=O)NS(=O)(=O)C(C)C)cc3n2C1. The second-order valence-electron chi connectivity index (χ2n) is 17.0. The van der Waals surface area contributed by atoms with Crippen molar-refractivity contribution in [3.63, 3.8) is 0 Å². The molecule has 2 saturated carbocycles. The fourth-order valence-electron chi connectivity index (χ4n) is 10.2. The predicted molar refractivity (Wildman–Crippen MR) is 219 cm³/mol. The van der Waals surface area contributed by atoms with E-state index in [4.69, 9.17) is 9.84 Å². The number of aryl methyl sites for hydroxylation is 1. The summed E-state index contributed by atoms with van der Waals surface area (Å²) in [4.78, 5) is 33.2. The molecule has 0 spiro atoms. The number of ether oxygens (including phenoxy) is 1. The van der Waals surface area contributed by atoms with Crippen molar-refractivity contribution in [3.05, 3.63) is 70.0 Å². The van der Waals surface area contributed by atoms with Gasteiger partial charge in [0.15, 0.2) is 0 Å². The fraction of sp³-hybridized carbons (Fsp3) is 0.523. The Bertz CT molecular complexity index is 2380. The number of likely N-dealkylation sites (N-methyl/N-ethyl adjacent to an activating group) is 1. The van der Waals surface area contributed by atoms with Crippen LogP contribution in [0.3, 0.4) is 0 Å². The topological polar surface area (TPSA) is 119 Å². The molecule has 11 nitrogen and oxygen atoms in total. The molecule has 9 rings (SSSR count). The smallest absolute Gasteiger partial charge is 0.264 e. The third-order valence-corrected chi connectivity index (χ3v) is 15.2. The van der Waals surface area contributed by atoms with Crippen LogP contribution in [0.5, 0.6) is 5.75 Å². The van der Waals surface area contributed by atoms with Gasteiger partial charge in [0.25, 0.3) is 11.8 Å². The first-order valence-corrected chi connectivity index (χ1v) is 22.3. The van der Waals surface area contributed by atoms with Gasteiger partial charge in [-0.15, -0.1) is 0 Å². The normalized spacial score (nSPS) is 21.5. The van der Waals surface area contributed by atoms with Crippen molar-refractivity contribution in [2.24, 2.45) is 0 Å². The third kappa shape index (κ3) is 6.09. The number of aromatic nitrogens is 3. The van der Waals surface area contributed by atoms with E-state index in [1.54, 1.807) is 27.0 Å². The Morgan fingerprint density at radius 1 is 0.946 bits per heavy atom. The Balaban J connectivity index is 1.25. The zero-order chi connectivity index (χ0) is 39.0. The average molecular weight is 779 g/mol. The summed E-state index contributed by atoms with van der Waals surface area (Å²) in [5, 5.41) is 5.50. The van der Waals surface area contributed by atoms with Gasteiger partial charge in [-0.25, -0.2) is 13.1 Å². The van der Waals surface area contributed by atoms with Crippen molar-refractivity contribution in [2.45, 2.75) is 121 Å². The molecule has 12 heteroatoms. The van der Waals surface area contributed by atoms with E-state index in [0.29, 0.717) is 29.6 Å². The second kappa shape index (κ2) is 14.2. The van der Waals surface area contributed by atoms with Crippen LogP contribution >= 0.6 is 0 Å². The lowest BCUT2D eigenvalue weighted by Crippen LogP contribution is -2.48. The van der Waals surface area contributed by atoms with E-state index in [2.05, 4.69) is 48.9 Å². The van der Waals surface area contributed by atoms with Crippen molar-refractivity contribution >= 4 is 44.4 Å². The average Bonchev–Trinajstić information content (AvgIpc) is 3.91. The summed E-state index contributed by atoms with van der Waals surface area (Å²) < 4.78 is 38.3. The molecule has 5 aliphatic rings. The van der Waals surface area contributed by atoms with Crippen LogP contribution in [-0.2, 0) is 16.6 Å². The maximum Gasteiger partial charge on any atom is 0.264 e. The molecule has 2 amide bonds. The van der Waals surface area contributed by atoms with Crippen molar-refractivity contribution in [1.82, 2.24) is 28.9 Å². The summed E-state index contributed by atoms with van der Waals surface area (Å²) >= 11 is 0. The monoisotopic (exact) mass is 778 g/mol. The quantitative estimate of drug-likeness (QED) is 0.187. The summed E-state index contributed by atoms with van der Waals surface area (Å²) in [6.07, 6.45) is 12.1. The third-order valence-electron chi connectivity index (χ3n) is 13.5. The van der Waals surface area contributed by atoms with E-state index in [1.807, 2.05) is 25.1 Å². The molecule has 2 bridgehead atoms. The molecule has 0 unspecified atom stereocenters. The van der Waals surface area contributed by atoms with Gasteiger partial charge in [-0.05, 0) is 125 Å². The molecule has 2 aromatic heterocycles. The summed E-state index contributed by atoms with van der Waals surface area (Å²) in [5.74, 6) is 0.501. The zero-order valence-electron chi connectivity index (χ0n) is 33.3. The number of amides is 2. The minimum absolute atomic E-state index is 0.0631. The van der Waals surface area contributed by atoms with E-state index >= 15 is 0 Å². The number of rotatable bonds is 9. The van der Waals surface area contributed by atoms with E-state index in [1.165, 1.54) is 12.0 Å². The molecule has 0 radical (unpaired) electrons. The molecule has 2 aromatic carbocycles. The summed E-state index contributed by atoms with van der Waals surface area (Å²) in [5.41, 5.74) is 8.94. The van der Waals surface area contributed by atoms with Crippen LogP contribution in [0.25, 0.3) is 33.8 Å². The number of sulfonamides is 1. The van der Waals surface area contributed by atoms with Crippen molar-refractivity contribution in [3.8, 4) is 17.0 Å². The Kier molecular flexibility index (Phi) is 9.42. The number of methoxy groups -OCH3 is 1. The number of benzene rings is 2. The molecule has 296 valence electrons. The largest absolute Gasteiger partial charge is 0.497 e. The first-order valence-electron chi connectivity index (χ1n) is 20.7. The van der Waals surface area contributed by atoms with Crippen molar-refractivity contribution < 1.29 is 22.7 Å². The predicted octanol–water partition coefficient (Wildman–Crippen LogP) is 7.54. The van der Waals surface area contributed by atoms with E-state index in [0.717, 1.165) is 121 Å². The highest BCUT2D eigenvalue weighted by molar-refractivity contribution is 7.90. The van der Waals surface area contributed by atoms with Crippen LogP contribution in [-0.4, -0.2) is 88.5 Å². The van der Waals surface area contributed by atoms with Gasteiger partial charge >= 0.3 is 0 Å². The number of piperazine rings is 1. The minimum atomic E-state index is -3.84. The second-order valence-corrected chi connectivity index (χ2v) is 19.2. The maximum atomic E-state index is 14.9. The number of hydrogen-bond donors (Lipinski definition) is 1. The summed E-state index contributed by atoms with van der Waals surface area (Å²) in [7, 11) is -2.15. The van der Waals surface area contributed by atoms with Crippen molar-refractivity contribution in [2.75, 3.05) is 26.7 Å². The van der Waals surface area contributed by atoms with Crippen LogP contribution in [0.2, 0.25) is 0 Å². The zero-order valence-corrected chi connectivity index (χ0v) is 34.1. The van der Waals surface area contributed by atoms with Gasteiger partial charge in [-0.1, -0.05) is 32.3 Å². The fourth-order valence-corrected chi connectivity index (χ4v) is 10.8. The summed E-state index contributed by atoms with van der Waals surface area (Å²) in [6, 6.07) is 12.7. The molecular formula is C44H54N6O5S. The standard InChI is InChI=1S/C44H54N6O5S/c1-6-47-24-34-22-33(47)25-48(34)44(52)39-27(4)45-50(32-13-10-14-32)41(39)31-19-30-20-35(55-5)16-18-36(30)42-40(28-11-8-7-9-12-28)37-17-15-29(21-38(37)49(42)23-31)43(51)46-56(53,54)26(2)3/h15-21,26,28,32-34H,6-14,22-25H2,1-5H3,(H,46,51)/t33-,34-/m1/s1. The number of nitrogens with zero attached hydrogens (tertiary/aromatic N) is 5. The lowest BCUT2D eigenvalue weighted by molar-refractivity contribution is 0.0629. The van der Waals surface area contributed by atoms with Gasteiger partial charge in [-0.2, -0.15) is 5.10 Å². The molecule has 56 heavy (non-hydrogen) atoms. The van der Waals surface area contributed by atoms with Gasteiger partial charge < -0.3 is 14.2 Å². The molecule has 4 fully saturated rings. The molecule has 2 atom stereocenters. The van der Waals surface area contributed by atoms with Gasteiger partial charge in [0, 0.05) is 47.2 Å². The number of allylic oxidation sites excluding steroid dienone is 1. The van der Waals surface area contributed by atoms with E-state index < -0.39 is 21.2 Å². The number of carbonyl (C=O) groups excluding carboxylic acids is 2. The maximum absolute atomic E-state index is 14.9. The Morgan fingerprint density at radius 2 is 1.73 bits per heavy atom. The molecule has 4 aromatic rings. The number of fused-ring (bicyclic) bond motifs is 7. The lowest BCUT2D eigenvalue weighted by atomic mass is 9.81. The summed E-state index contributed by atoms with van der Waals surface area (Å²) in [6.45, 7) is 10.4. The minimum Gasteiger partial charge on any atom is -0.497 e. The highest BCUT2D eigenvalue weighted by Gasteiger charge is 2.46. The van der Waals surface area contributed by atoms with Crippen LogP contribution in [0.15, 0.2) is 36.4 Å². The van der Waals surface area contributed by atoms with Crippen LogP contribution in [0.4, 0.5) is 0 Å². The highest BCUT2D eigenvalue weighted by Crippen LogP contribution is 2.49. The Morgan fingerprint density at radius 3 is 2.39 bits per heavy atom. The molecule has 2 saturated heterocycles. The molecule has 5 heterocycles. The Hall–Kier alpha value is -4.42. The van der Waals surface area contributed by atoms with E-state index in [-0.39, 0.29) is 18.0 Å². The number of hydrogen-bond acceptors (Lipinski definition) is 7. The van der Waals surface area contributed by atoms with Crippen LogP contribution in [0, 0.1) is 6.92 Å². The molecular weight excluding hydrogens is 725 g/mol. The first kappa shape index (κ1) is 37.2. The van der Waals surface area contributed by atoms with Gasteiger partial charge in [0.2, 0.25) is 10.0 Å². The van der Waals surface area contributed by atoms with Crippen LogP contribution in [0.1, 0.15) is 134 Å². The molecule has 1 N–H and O–H groups in total. The first-order chi connectivity index (χ1) is 27.0. The Labute approximate surface area is 330 Å². The number of likely N-dealkylation sites (tertiary alicyclic amines) is 2. The van der Waals surface area contributed by atoms with Gasteiger partial charge in [0.05, 0.1) is 47.6 Å². The number of nitrogens with one attached hydrogen (secondary N) is 1. The van der Waals surface area contributed by atoms with Crippen LogP contribution < -0.4 is 9.46 Å². The van der Waals surface area contributed by atoms with Gasteiger partial charge in [0.1, 0.15) is 5.75 Å². The lowest BCUT2D eigenvalue weighted by Gasteiger charge is -2.34. The van der Waals surface area contributed by atoms with Gasteiger partial charge in [-0.3, -0.25) is 19.2 Å². The highest BCUT2D eigenvalue weighted by atomic mass is 32.2.